The van der Waals surface area contributed by atoms with Crippen molar-refractivity contribution in [1.29, 1.82) is 5.26 Å². The van der Waals surface area contributed by atoms with E-state index in [2.05, 4.69) is 5.32 Å². The van der Waals surface area contributed by atoms with Crippen molar-refractivity contribution in [3.05, 3.63) is 56.1 Å². The molecule has 2 nitrogen and oxygen atoms in total. The van der Waals surface area contributed by atoms with Gasteiger partial charge in [0.15, 0.2) is 11.6 Å². The monoisotopic (exact) mass is 390 g/mol. The molecule has 1 N–H and O–H groups in total. The van der Waals surface area contributed by atoms with Crippen molar-refractivity contribution >= 4 is 45.6 Å². The molecule has 0 aliphatic carbocycles. The van der Waals surface area contributed by atoms with E-state index in [4.69, 9.17) is 16.9 Å². The summed E-state index contributed by atoms with van der Waals surface area (Å²) in [6.45, 7) is 0. The highest BCUT2D eigenvalue weighted by Crippen LogP contribution is 2.29. The van der Waals surface area contributed by atoms with Crippen LogP contribution in [0.1, 0.15) is 5.56 Å². The lowest BCUT2D eigenvalue weighted by Gasteiger charge is -2.11. The molecule has 96 valence electrons. The predicted molar refractivity (Wildman–Crippen MR) is 78.5 cm³/mol. The van der Waals surface area contributed by atoms with Gasteiger partial charge in [0.2, 0.25) is 0 Å². The Bertz CT molecular complexity index is 660. The van der Waals surface area contributed by atoms with Crippen molar-refractivity contribution in [2.75, 3.05) is 5.32 Å². The predicted octanol–water partition coefficient (Wildman–Crippen LogP) is 4.84. The SMILES string of the molecule is N#Cc1cc(F)c(Nc2ccc(Cl)cc2I)c(F)c1. The maximum Gasteiger partial charge on any atom is 0.150 e. The number of nitrogens with zero attached hydrogens (tertiary/aromatic N) is 1. The van der Waals surface area contributed by atoms with Crippen LogP contribution in [0.4, 0.5) is 20.2 Å². The molecular formula is C13H6ClF2IN2. The van der Waals surface area contributed by atoms with Gasteiger partial charge in [-0.15, -0.1) is 0 Å². The molecule has 0 atom stereocenters. The third-order valence-corrected chi connectivity index (χ3v) is 3.49. The van der Waals surface area contributed by atoms with Crippen molar-refractivity contribution in [2.45, 2.75) is 0 Å². The fraction of sp³-hybridized carbons (Fsp3) is 0. The fourth-order valence-corrected chi connectivity index (χ4v) is 2.49. The minimum Gasteiger partial charge on any atom is -0.350 e. The Morgan fingerprint density at radius 3 is 2.32 bits per heavy atom. The Labute approximate surface area is 127 Å². The average Bonchev–Trinajstić information content (AvgIpc) is 2.35. The van der Waals surface area contributed by atoms with Gasteiger partial charge in [0.05, 0.1) is 17.3 Å². The van der Waals surface area contributed by atoms with Crippen molar-refractivity contribution in [3.8, 4) is 6.07 Å². The highest BCUT2D eigenvalue weighted by atomic mass is 127. The average molecular weight is 391 g/mol. The third-order valence-electron chi connectivity index (χ3n) is 2.36. The molecule has 6 heteroatoms. The van der Waals surface area contributed by atoms with Gasteiger partial charge in [0, 0.05) is 8.59 Å². The number of hydrogen-bond acceptors (Lipinski definition) is 2. The topological polar surface area (TPSA) is 35.8 Å². The van der Waals surface area contributed by atoms with Gasteiger partial charge in [-0.1, -0.05) is 11.6 Å². The molecule has 0 amide bonds. The Hall–Kier alpha value is -1.39. The lowest BCUT2D eigenvalue weighted by Crippen LogP contribution is -2.00. The number of benzene rings is 2. The molecule has 0 aliphatic rings. The highest BCUT2D eigenvalue weighted by molar-refractivity contribution is 14.1. The molecule has 0 aliphatic heterocycles. The first-order chi connectivity index (χ1) is 9.01. The van der Waals surface area contributed by atoms with Gasteiger partial charge in [-0.25, -0.2) is 8.78 Å². The zero-order valence-electron chi connectivity index (χ0n) is 9.35. The lowest BCUT2D eigenvalue weighted by atomic mass is 10.2. The van der Waals surface area contributed by atoms with Gasteiger partial charge in [-0.2, -0.15) is 5.26 Å². The third kappa shape index (κ3) is 3.14. The summed E-state index contributed by atoms with van der Waals surface area (Å²) in [5.41, 5.74) is 0.179. The van der Waals surface area contributed by atoms with E-state index in [1.54, 1.807) is 24.3 Å². The first-order valence-electron chi connectivity index (χ1n) is 5.12. The summed E-state index contributed by atoms with van der Waals surface area (Å²) >= 11 is 7.81. The van der Waals surface area contributed by atoms with Crippen LogP contribution < -0.4 is 5.32 Å². The molecule has 2 rings (SSSR count). The summed E-state index contributed by atoms with van der Waals surface area (Å²) in [5.74, 6) is -1.63. The van der Waals surface area contributed by atoms with Crippen LogP contribution in [-0.2, 0) is 0 Å². The largest absolute Gasteiger partial charge is 0.350 e. The molecule has 0 fully saturated rings. The van der Waals surface area contributed by atoms with Crippen molar-refractivity contribution in [2.24, 2.45) is 0 Å². The Morgan fingerprint density at radius 2 is 1.79 bits per heavy atom. The van der Waals surface area contributed by atoms with Crippen LogP contribution >= 0.6 is 34.2 Å². The maximum atomic E-state index is 13.7. The molecule has 0 saturated carbocycles. The second-order valence-corrected chi connectivity index (χ2v) is 5.27. The van der Waals surface area contributed by atoms with Gasteiger partial charge >= 0.3 is 0 Å². The highest BCUT2D eigenvalue weighted by Gasteiger charge is 2.12. The lowest BCUT2D eigenvalue weighted by molar-refractivity contribution is 0.590. The maximum absolute atomic E-state index is 13.7. The minimum absolute atomic E-state index is 0.0636. The molecule has 0 heterocycles. The number of hydrogen-bond donors (Lipinski definition) is 1. The van der Waals surface area contributed by atoms with Crippen LogP contribution in [0.3, 0.4) is 0 Å². The Morgan fingerprint density at radius 1 is 1.16 bits per heavy atom. The van der Waals surface area contributed by atoms with Crippen LogP contribution in [0.25, 0.3) is 0 Å². The van der Waals surface area contributed by atoms with Gasteiger partial charge < -0.3 is 5.32 Å². The molecule has 2 aromatic carbocycles. The number of halogens is 4. The second-order valence-electron chi connectivity index (χ2n) is 3.68. The first-order valence-corrected chi connectivity index (χ1v) is 6.58. The second kappa shape index (κ2) is 5.72. The molecule has 0 saturated heterocycles. The summed E-state index contributed by atoms with van der Waals surface area (Å²) in [7, 11) is 0. The van der Waals surface area contributed by atoms with E-state index >= 15 is 0 Å². The minimum atomic E-state index is -0.817. The number of rotatable bonds is 2. The van der Waals surface area contributed by atoms with Crippen molar-refractivity contribution in [3.63, 3.8) is 0 Å². The van der Waals surface area contributed by atoms with E-state index in [-0.39, 0.29) is 11.3 Å². The van der Waals surface area contributed by atoms with E-state index < -0.39 is 11.6 Å². The quantitative estimate of drug-likeness (QED) is 0.745. The van der Waals surface area contributed by atoms with Crippen molar-refractivity contribution < 1.29 is 8.78 Å². The van der Waals surface area contributed by atoms with Gasteiger partial charge in [-0.3, -0.25) is 0 Å². The van der Waals surface area contributed by atoms with E-state index in [1.807, 2.05) is 22.6 Å². The smallest absolute Gasteiger partial charge is 0.150 e. The fourth-order valence-electron chi connectivity index (χ4n) is 1.48. The Kier molecular flexibility index (Phi) is 4.22. The van der Waals surface area contributed by atoms with Gasteiger partial charge in [0.25, 0.3) is 0 Å². The zero-order chi connectivity index (χ0) is 14.0. The number of anilines is 2. The summed E-state index contributed by atoms with van der Waals surface area (Å²) in [4.78, 5) is 0. The van der Waals surface area contributed by atoms with Crippen LogP contribution in [0.5, 0.6) is 0 Å². The van der Waals surface area contributed by atoms with Gasteiger partial charge in [0.1, 0.15) is 5.69 Å². The zero-order valence-corrected chi connectivity index (χ0v) is 12.3. The summed E-state index contributed by atoms with van der Waals surface area (Å²) in [5, 5.41) is 11.8. The molecule has 0 unspecified atom stereocenters. The summed E-state index contributed by atoms with van der Waals surface area (Å²) < 4.78 is 28.2. The molecule has 2 aromatic rings. The van der Waals surface area contributed by atoms with Crippen LogP contribution in [0, 0.1) is 26.5 Å². The standard InChI is InChI=1S/C13H6ClF2IN2/c14-8-1-2-12(11(17)5-8)19-13-9(15)3-7(6-18)4-10(13)16/h1-5,19H. The first kappa shape index (κ1) is 14.0. The Balaban J connectivity index is 2.41. The van der Waals surface area contributed by atoms with Crippen LogP contribution in [0.2, 0.25) is 5.02 Å². The van der Waals surface area contributed by atoms with E-state index in [9.17, 15) is 8.78 Å². The van der Waals surface area contributed by atoms with E-state index in [0.29, 0.717) is 10.7 Å². The van der Waals surface area contributed by atoms with Crippen LogP contribution in [0.15, 0.2) is 30.3 Å². The molecule has 0 spiro atoms. The number of nitriles is 1. The molecule has 0 radical (unpaired) electrons. The van der Waals surface area contributed by atoms with Crippen LogP contribution in [-0.4, -0.2) is 0 Å². The van der Waals surface area contributed by atoms with E-state index in [0.717, 1.165) is 15.7 Å². The summed E-state index contributed by atoms with van der Waals surface area (Å²) in [6.07, 6.45) is 0. The number of nitrogens with one attached hydrogen (secondary N) is 1. The normalized spacial score (nSPS) is 10.1. The molecule has 0 bridgehead atoms. The molecule has 0 aromatic heterocycles. The summed E-state index contributed by atoms with van der Waals surface area (Å²) in [6, 6.07) is 8.57. The van der Waals surface area contributed by atoms with Crippen molar-refractivity contribution in [1.82, 2.24) is 0 Å². The van der Waals surface area contributed by atoms with Gasteiger partial charge in [-0.05, 0) is 52.9 Å². The molecular weight excluding hydrogens is 385 g/mol. The van der Waals surface area contributed by atoms with E-state index in [1.165, 1.54) is 0 Å². The molecule has 19 heavy (non-hydrogen) atoms.